The Balaban J connectivity index is 1.80. The van der Waals surface area contributed by atoms with Crippen LogP contribution < -0.4 is 10.9 Å². The minimum atomic E-state index is -3.66. The van der Waals surface area contributed by atoms with Crippen molar-refractivity contribution in [3.8, 4) is 0 Å². The number of hydrogen-bond donors (Lipinski definition) is 1. The zero-order valence-corrected chi connectivity index (χ0v) is 18.9. The van der Waals surface area contributed by atoms with E-state index in [1.54, 1.807) is 19.1 Å². The summed E-state index contributed by atoms with van der Waals surface area (Å²) in [7, 11) is -3.66. The first-order chi connectivity index (χ1) is 14.2. The molecule has 162 valence electrons. The predicted octanol–water partition coefficient (Wildman–Crippen LogP) is 3.67. The summed E-state index contributed by atoms with van der Waals surface area (Å²) >= 11 is 11.7. The first-order valence-electron chi connectivity index (χ1n) is 9.64. The highest BCUT2D eigenvalue weighted by Gasteiger charge is 2.27. The van der Waals surface area contributed by atoms with Gasteiger partial charge in [-0.25, -0.2) is 8.42 Å². The van der Waals surface area contributed by atoms with Crippen LogP contribution in [0.3, 0.4) is 0 Å². The predicted molar refractivity (Wildman–Crippen MR) is 118 cm³/mol. The molecular formula is C20H23Cl2N3O4S. The van der Waals surface area contributed by atoms with Crippen LogP contribution in [0.15, 0.2) is 40.2 Å². The number of halogens is 2. The normalized spacial score (nSPS) is 15.6. The average molecular weight is 472 g/mol. The monoisotopic (exact) mass is 471 g/mol. The van der Waals surface area contributed by atoms with Crippen LogP contribution in [0.25, 0.3) is 0 Å². The van der Waals surface area contributed by atoms with E-state index in [1.165, 1.54) is 16.6 Å². The summed E-state index contributed by atoms with van der Waals surface area (Å²) in [5, 5.41) is 2.92. The van der Waals surface area contributed by atoms with Crippen LogP contribution in [-0.4, -0.2) is 36.3 Å². The fraction of sp³-hybridized carbons (Fsp3) is 0.400. The molecule has 0 atom stereocenters. The van der Waals surface area contributed by atoms with Crippen molar-refractivity contribution < 1.29 is 13.2 Å². The van der Waals surface area contributed by atoms with Gasteiger partial charge in [0.05, 0.1) is 14.9 Å². The number of aryl methyl sites for hydroxylation is 1. The summed E-state index contributed by atoms with van der Waals surface area (Å²) in [4.78, 5) is 24.6. The van der Waals surface area contributed by atoms with Crippen molar-refractivity contribution in [2.24, 2.45) is 0 Å². The maximum atomic E-state index is 13.1. The third-order valence-corrected chi connectivity index (χ3v) is 7.75. The van der Waals surface area contributed by atoms with Gasteiger partial charge in [0.15, 0.2) is 0 Å². The fourth-order valence-corrected chi connectivity index (χ4v) is 5.46. The summed E-state index contributed by atoms with van der Waals surface area (Å²) in [5.41, 5.74) is 0.484. The van der Waals surface area contributed by atoms with Gasteiger partial charge in [-0.05, 0) is 37.5 Å². The number of anilines is 1. The summed E-state index contributed by atoms with van der Waals surface area (Å²) < 4.78 is 28.9. The standard InChI is InChI=1S/C20H23Cl2N3O4S/c1-14-6-7-15(10-18(14)30(28,29)25-8-4-2-3-5-9-25)23-19(26)13-24-12-17(22)16(21)11-20(24)27/h6-7,10-12H,2-5,8-9,13H2,1H3,(H,23,26). The van der Waals surface area contributed by atoms with Crippen LogP contribution in [0.5, 0.6) is 0 Å². The van der Waals surface area contributed by atoms with E-state index in [1.807, 2.05) is 0 Å². The lowest BCUT2D eigenvalue weighted by molar-refractivity contribution is -0.116. The summed E-state index contributed by atoms with van der Waals surface area (Å²) in [6.45, 7) is 2.45. The highest BCUT2D eigenvalue weighted by atomic mass is 35.5. The number of carbonyl (C=O) groups is 1. The Morgan fingerprint density at radius 2 is 1.73 bits per heavy atom. The van der Waals surface area contributed by atoms with Crippen molar-refractivity contribution in [2.45, 2.75) is 44.0 Å². The molecule has 1 aromatic carbocycles. The number of rotatable bonds is 5. The van der Waals surface area contributed by atoms with E-state index >= 15 is 0 Å². The zero-order chi connectivity index (χ0) is 21.9. The van der Waals surface area contributed by atoms with E-state index in [4.69, 9.17) is 23.2 Å². The third-order valence-electron chi connectivity index (χ3n) is 5.00. The quantitative estimate of drug-likeness (QED) is 0.720. The van der Waals surface area contributed by atoms with Crippen LogP contribution in [0.2, 0.25) is 10.0 Å². The van der Waals surface area contributed by atoms with Crippen LogP contribution in [-0.2, 0) is 21.4 Å². The molecule has 30 heavy (non-hydrogen) atoms. The SMILES string of the molecule is Cc1ccc(NC(=O)Cn2cc(Cl)c(Cl)cc2=O)cc1S(=O)(=O)N1CCCCCC1. The molecule has 0 spiro atoms. The lowest BCUT2D eigenvalue weighted by Crippen LogP contribution is -2.32. The van der Waals surface area contributed by atoms with Crippen molar-refractivity contribution in [2.75, 3.05) is 18.4 Å². The first-order valence-corrected chi connectivity index (χ1v) is 11.8. The Morgan fingerprint density at radius 1 is 1.07 bits per heavy atom. The molecule has 1 aliphatic rings. The smallest absolute Gasteiger partial charge is 0.252 e. The number of nitrogens with zero attached hydrogens (tertiary/aromatic N) is 2. The Labute approximate surface area is 185 Å². The van der Waals surface area contributed by atoms with E-state index in [0.717, 1.165) is 36.3 Å². The maximum Gasteiger partial charge on any atom is 0.252 e. The molecule has 0 saturated carbocycles. The van der Waals surface area contributed by atoms with Crippen molar-refractivity contribution in [1.29, 1.82) is 0 Å². The molecule has 2 heterocycles. The Hall–Kier alpha value is -1.87. The number of nitrogens with one attached hydrogen (secondary N) is 1. The number of sulfonamides is 1. The van der Waals surface area contributed by atoms with Crippen molar-refractivity contribution in [1.82, 2.24) is 8.87 Å². The first kappa shape index (κ1) is 22.8. The van der Waals surface area contributed by atoms with Gasteiger partial charge >= 0.3 is 0 Å². The van der Waals surface area contributed by atoms with Crippen LogP contribution in [0, 0.1) is 6.92 Å². The highest BCUT2D eigenvalue weighted by molar-refractivity contribution is 7.89. The topological polar surface area (TPSA) is 88.5 Å². The second-order valence-electron chi connectivity index (χ2n) is 7.28. The second kappa shape index (κ2) is 9.51. The molecule has 2 aromatic rings. The highest BCUT2D eigenvalue weighted by Crippen LogP contribution is 2.26. The Bertz CT molecular complexity index is 1110. The van der Waals surface area contributed by atoms with Crippen LogP contribution in [0.1, 0.15) is 31.2 Å². The average Bonchev–Trinajstić information content (AvgIpc) is 2.97. The van der Waals surface area contributed by atoms with Crippen molar-refractivity contribution in [3.63, 3.8) is 0 Å². The van der Waals surface area contributed by atoms with Gasteiger partial charge in [-0.2, -0.15) is 4.31 Å². The van der Waals surface area contributed by atoms with E-state index < -0.39 is 21.5 Å². The lowest BCUT2D eigenvalue weighted by atomic mass is 10.2. The molecule has 1 aromatic heterocycles. The molecule has 1 aliphatic heterocycles. The molecule has 3 rings (SSSR count). The molecule has 0 unspecified atom stereocenters. The molecule has 10 heteroatoms. The van der Waals surface area contributed by atoms with E-state index in [0.29, 0.717) is 24.3 Å². The number of aromatic nitrogens is 1. The molecule has 1 N–H and O–H groups in total. The van der Waals surface area contributed by atoms with Crippen LogP contribution in [0.4, 0.5) is 5.69 Å². The summed E-state index contributed by atoms with van der Waals surface area (Å²) in [5.74, 6) is -0.488. The fourth-order valence-electron chi connectivity index (χ4n) is 3.38. The van der Waals surface area contributed by atoms with Gasteiger partial charge < -0.3 is 9.88 Å². The number of hydrogen-bond acceptors (Lipinski definition) is 4. The maximum absolute atomic E-state index is 13.1. The van der Waals surface area contributed by atoms with Gasteiger partial charge in [0, 0.05) is 31.0 Å². The molecule has 1 fully saturated rings. The van der Waals surface area contributed by atoms with Crippen molar-refractivity contribution >= 4 is 44.8 Å². The third kappa shape index (κ3) is 5.24. The van der Waals surface area contributed by atoms with Gasteiger partial charge in [0.2, 0.25) is 15.9 Å². The number of pyridine rings is 1. The number of carbonyl (C=O) groups excluding carboxylic acids is 1. The zero-order valence-electron chi connectivity index (χ0n) is 16.5. The lowest BCUT2D eigenvalue weighted by Gasteiger charge is -2.21. The number of benzene rings is 1. The Kier molecular flexibility index (Phi) is 7.23. The Morgan fingerprint density at radius 3 is 2.40 bits per heavy atom. The van der Waals surface area contributed by atoms with Gasteiger partial charge in [-0.15, -0.1) is 0 Å². The van der Waals surface area contributed by atoms with E-state index in [9.17, 15) is 18.0 Å². The number of amides is 1. The van der Waals surface area contributed by atoms with Gasteiger partial charge in [0.1, 0.15) is 6.54 Å². The molecule has 1 amide bonds. The minimum absolute atomic E-state index is 0.111. The van der Waals surface area contributed by atoms with Gasteiger partial charge in [-0.1, -0.05) is 42.1 Å². The minimum Gasteiger partial charge on any atom is -0.324 e. The van der Waals surface area contributed by atoms with E-state index in [2.05, 4.69) is 5.32 Å². The summed E-state index contributed by atoms with van der Waals surface area (Å²) in [6.07, 6.45) is 5.01. The summed E-state index contributed by atoms with van der Waals surface area (Å²) in [6, 6.07) is 5.89. The van der Waals surface area contributed by atoms with Crippen molar-refractivity contribution in [3.05, 3.63) is 56.4 Å². The molecule has 0 radical (unpaired) electrons. The van der Waals surface area contributed by atoms with Gasteiger partial charge in [-0.3, -0.25) is 9.59 Å². The molecule has 1 saturated heterocycles. The molecule has 7 nitrogen and oxygen atoms in total. The van der Waals surface area contributed by atoms with Crippen LogP contribution >= 0.6 is 23.2 Å². The largest absolute Gasteiger partial charge is 0.324 e. The molecule has 0 aliphatic carbocycles. The van der Waals surface area contributed by atoms with Gasteiger partial charge in [0.25, 0.3) is 5.56 Å². The molecular weight excluding hydrogens is 449 g/mol. The van der Waals surface area contributed by atoms with E-state index in [-0.39, 0.29) is 21.5 Å². The second-order valence-corrected chi connectivity index (χ2v) is 10.0. The molecule has 0 bridgehead atoms.